The quantitative estimate of drug-likeness (QED) is 0.265. The van der Waals surface area contributed by atoms with Crippen LogP contribution < -0.4 is 51.4 Å². The molecule has 0 rings (SSSR count). The van der Waals surface area contributed by atoms with E-state index >= 15 is 0 Å². The third-order valence-corrected chi connectivity index (χ3v) is 1.62. The van der Waals surface area contributed by atoms with Crippen LogP contribution >= 0.6 is 23.8 Å². The van der Waals surface area contributed by atoms with E-state index in [1.807, 2.05) is 0 Å². The van der Waals surface area contributed by atoms with Crippen molar-refractivity contribution >= 4 is 23.8 Å². The van der Waals surface area contributed by atoms with Gasteiger partial charge in [0, 0.05) is 5.33 Å². The molecule has 0 heterocycles. The van der Waals surface area contributed by atoms with Gasteiger partial charge in [0.15, 0.2) is 0 Å². The van der Waals surface area contributed by atoms with Gasteiger partial charge in [-0.15, -0.1) is 0 Å². The standard InChI is InChI=1S/C3H8BrO4P.K.H/c4-2-1-3-8-9(5,6)7;;/h1-3H2,(H2,5,6,7);;/q;+1;-1. The molecule has 0 aliphatic carbocycles. The molecule has 58 valence electrons. The van der Waals surface area contributed by atoms with Crippen LogP contribution in [0.3, 0.4) is 0 Å². The molecule has 0 fully saturated rings. The molecule has 0 saturated heterocycles. The van der Waals surface area contributed by atoms with Crippen molar-refractivity contribution in [1.29, 1.82) is 0 Å². The van der Waals surface area contributed by atoms with Gasteiger partial charge in [-0.1, -0.05) is 15.9 Å². The van der Waals surface area contributed by atoms with E-state index in [0.29, 0.717) is 11.8 Å². The molecule has 7 heteroatoms. The second-order valence-electron chi connectivity index (χ2n) is 1.37. The average molecular weight is 259 g/mol. The number of phosphoric acid groups is 1. The van der Waals surface area contributed by atoms with Crippen LogP contribution in [0.25, 0.3) is 0 Å². The summed E-state index contributed by atoms with van der Waals surface area (Å²) in [6.45, 7) is 0.0928. The van der Waals surface area contributed by atoms with E-state index in [4.69, 9.17) is 9.79 Å². The monoisotopic (exact) mass is 258 g/mol. The zero-order valence-corrected chi connectivity index (χ0v) is 11.3. The molecule has 0 bridgehead atoms. The van der Waals surface area contributed by atoms with Gasteiger partial charge in [0.25, 0.3) is 0 Å². The Morgan fingerprint density at radius 3 is 2.40 bits per heavy atom. The first-order valence-electron chi connectivity index (χ1n) is 2.32. The Morgan fingerprint density at radius 2 is 2.10 bits per heavy atom. The van der Waals surface area contributed by atoms with Gasteiger partial charge < -0.3 is 11.2 Å². The topological polar surface area (TPSA) is 66.8 Å². The largest absolute Gasteiger partial charge is 1.00 e. The summed E-state index contributed by atoms with van der Waals surface area (Å²) < 4.78 is 14.1. The Bertz CT molecular complexity index is 120. The molecule has 0 aliphatic rings. The van der Waals surface area contributed by atoms with Crippen molar-refractivity contribution in [2.24, 2.45) is 0 Å². The second kappa shape index (κ2) is 7.85. The smallest absolute Gasteiger partial charge is 1.00 e. The number of halogens is 1. The maximum atomic E-state index is 9.96. The molecule has 0 spiro atoms. The van der Waals surface area contributed by atoms with E-state index in [1.165, 1.54) is 0 Å². The molecular formula is C3H9BrKO4P. The van der Waals surface area contributed by atoms with Crippen molar-refractivity contribution in [3.8, 4) is 0 Å². The van der Waals surface area contributed by atoms with Gasteiger partial charge >= 0.3 is 59.2 Å². The Hall–Kier alpha value is 2.23. The molecule has 0 amide bonds. The van der Waals surface area contributed by atoms with E-state index in [1.54, 1.807) is 0 Å². The zero-order valence-electron chi connectivity index (χ0n) is 6.66. The Morgan fingerprint density at radius 1 is 1.60 bits per heavy atom. The van der Waals surface area contributed by atoms with Crippen LogP contribution in [-0.4, -0.2) is 21.7 Å². The maximum Gasteiger partial charge on any atom is 1.00 e. The van der Waals surface area contributed by atoms with Crippen molar-refractivity contribution in [1.82, 2.24) is 0 Å². The molecule has 0 radical (unpaired) electrons. The molecule has 0 atom stereocenters. The SMILES string of the molecule is O=P(O)(O)OCCCBr.[H-].[K+]. The predicted molar refractivity (Wildman–Crippen MR) is 37.5 cm³/mol. The summed E-state index contributed by atoms with van der Waals surface area (Å²) in [4.78, 5) is 16.2. The van der Waals surface area contributed by atoms with Crippen LogP contribution in [0.2, 0.25) is 0 Å². The molecule has 2 N–H and O–H groups in total. The number of alkyl halides is 1. The van der Waals surface area contributed by atoms with Crippen LogP contribution in [0, 0.1) is 0 Å². The molecule has 0 aromatic rings. The Kier molecular flexibility index (Phi) is 11.6. The molecule has 0 unspecified atom stereocenters. The van der Waals surface area contributed by atoms with Crippen molar-refractivity contribution in [2.75, 3.05) is 11.9 Å². The minimum absolute atomic E-state index is 0. The molecule has 0 aromatic carbocycles. The first kappa shape index (κ1) is 14.7. The number of hydrogen-bond donors (Lipinski definition) is 2. The van der Waals surface area contributed by atoms with Crippen molar-refractivity contribution in [3.63, 3.8) is 0 Å². The summed E-state index contributed by atoms with van der Waals surface area (Å²) in [6.07, 6.45) is 0.602. The van der Waals surface area contributed by atoms with Crippen molar-refractivity contribution < 1.29 is 71.7 Å². The molecule has 0 aliphatic heterocycles. The van der Waals surface area contributed by atoms with Gasteiger partial charge in [-0.25, -0.2) is 4.57 Å². The van der Waals surface area contributed by atoms with Crippen molar-refractivity contribution in [3.05, 3.63) is 0 Å². The van der Waals surface area contributed by atoms with Gasteiger partial charge in [0.1, 0.15) is 0 Å². The Labute approximate surface area is 112 Å². The zero-order chi connectivity index (χ0) is 7.33. The van der Waals surface area contributed by atoms with Gasteiger partial charge in [-0.05, 0) is 6.42 Å². The van der Waals surface area contributed by atoms with E-state index < -0.39 is 7.82 Å². The van der Waals surface area contributed by atoms with Gasteiger partial charge in [-0.2, -0.15) is 0 Å². The van der Waals surface area contributed by atoms with Crippen molar-refractivity contribution in [2.45, 2.75) is 6.42 Å². The van der Waals surface area contributed by atoms with Gasteiger partial charge in [0.05, 0.1) is 6.61 Å². The van der Waals surface area contributed by atoms with Gasteiger partial charge in [0.2, 0.25) is 0 Å². The number of rotatable bonds is 4. The summed E-state index contributed by atoms with van der Waals surface area (Å²) in [7, 11) is -4.22. The summed E-state index contributed by atoms with van der Waals surface area (Å²) >= 11 is 3.08. The fourth-order valence-electron chi connectivity index (χ4n) is 0.238. The summed E-state index contributed by atoms with van der Waals surface area (Å²) in [5.74, 6) is 0. The Balaban J connectivity index is -0.000000320. The maximum absolute atomic E-state index is 9.96. The summed E-state index contributed by atoms with van der Waals surface area (Å²) in [6, 6.07) is 0. The van der Waals surface area contributed by atoms with Gasteiger partial charge in [-0.3, -0.25) is 4.52 Å². The normalized spacial score (nSPS) is 10.7. The fraction of sp³-hybridized carbons (Fsp3) is 1.00. The van der Waals surface area contributed by atoms with Crippen LogP contribution in [0.1, 0.15) is 7.85 Å². The van der Waals surface area contributed by atoms with Crippen LogP contribution in [-0.2, 0) is 9.09 Å². The third-order valence-electron chi connectivity index (χ3n) is 0.537. The first-order valence-corrected chi connectivity index (χ1v) is 4.97. The van der Waals surface area contributed by atoms with E-state index in [0.717, 1.165) is 0 Å². The third kappa shape index (κ3) is 12.9. The average Bonchev–Trinajstić information content (AvgIpc) is 1.63. The fourth-order valence-corrected chi connectivity index (χ4v) is 0.834. The molecule has 10 heavy (non-hydrogen) atoms. The van der Waals surface area contributed by atoms with E-state index in [-0.39, 0.29) is 59.4 Å². The minimum Gasteiger partial charge on any atom is -1.00 e. The summed E-state index contributed by atoms with van der Waals surface area (Å²) in [5.41, 5.74) is 0. The summed E-state index contributed by atoms with van der Waals surface area (Å²) in [5, 5.41) is 0.688. The molecule has 0 aromatic heterocycles. The molecule has 4 nitrogen and oxygen atoms in total. The molecule has 0 saturated carbocycles. The van der Waals surface area contributed by atoms with Crippen LogP contribution in [0.5, 0.6) is 0 Å². The second-order valence-corrected chi connectivity index (χ2v) is 3.40. The number of phosphoric ester groups is 1. The molecular weight excluding hydrogens is 250 g/mol. The number of hydrogen-bond acceptors (Lipinski definition) is 2. The minimum atomic E-state index is -4.22. The van der Waals surface area contributed by atoms with Crippen LogP contribution in [0.4, 0.5) is 0 Å². The van der Waals surface area contributed by atoms with E-state index in [2.05, 4.69) is 20.5 Å². The van der Waals surface area contributed by atoms with Crippen LogP contribution in [0.15, 0.2) is 0 Å². The van der Waals surface area contributed by atoms with E-state index in [9.17, 15) is 4.57 Å². The predicted octanol–water partition coefficient (Wildman–Crippen LogP) is -2.00. The first-order chi connectivity index (χ1) is 4.06.